The lowest BCUT2D eigenvalue weighted by Gasteiger charge is -2.25. The Morgan fingerprint density at radius 3 is 2.82 bits per heavy atom. The predicted molar refractivity (Wildman–Crippen MR) is 65.8 cm³/mol. The van der Waals surface area contributed by atoms with Crippen molar-refractivity contribution >= 4 is 5.78 Å². The van der Waals surface area contributed by atoms with Crippen LogP contribution in [0.15, 0.2) is 18.2 Å². The van der Waals surface area contributed by atoms with E-state index in [0.29, 0.717) is 28.9 Å². The van der Waals surface area contributed by atoms with Gasteiger partial charge < -0.3 is 9.84 Å². The zero-order chi connectivity index (χ0) is 12.6. The summed E-state index contributed by atoms with van der Waals surface area (Å²) in [5.41, 5.74) is 1.93. The van der Waals surface area contributed by atoms with Gasteiger partial charge in [-0.15, -0.1) is 0 Å². The molecule has 90 valence electrons. The molecule has 0 bridgehead atoms. The predicted octanol–water partition coefficient (Wildman–Crippen LogP) is 2.92. The van der Waals surface area contributed by atoms with E-state index < -0.39 is 0 Å². The zero-order valence-corrected chi connectivity index (χ0v) is 10.3. The summed E-state index contributed by atoms with van der Waals surface area (Å²) in [5, 5.41) is 9.86. The highest BCUT2D eigenvalue weighted by Gasteiger charge is 2.28. The van der Waals surface area contributed by atoms with Crippen molar-refractivity contribution in [2.24, 2.45) is 0 Å². The zero-order valence-electron chi connectivity index (χ0n) is 10.3. The van der Waals surface area contributed by atoms with Crippen molar-refractivity contribution in [3.63, 3.8) is 0 Å². The van der Waals surface area contributed by atoms with Crippen LogP contribution in [0.2, 0.25) is 0 Å². The van der Waals surface area contributed by atoms with Crippen LogP contribution in [0.25, 0.3) is 0 Å². The fourth-order valence-corrected chi connectivity index (χ4v) is 2.12. The molecule has 0 fully saturated rings. The van der Waals surface area contributed by atoms with Gasteiger partial charge in [-0.2, -0.15) is 0 Å². The maximum atomic E-state index is 12.0. The first-order chi connectivity index (χ1) is 8.04. The normalized spacial score (nSPS) is 19.2. The van der Waals surface area contributed by atoms with Gasteiger partial charge in [0.05, 0.1) is 12.0 Å². The van der Waals surface area contributed by atoms with Gasteiger partial charge in [-0.25, -0.2) is 0 Å². The molecule has 1 aliphatic heterocycles. The molecule has 0 amide bonds. The number of aryl methyl sites for hydroxylation is 1. The minimum atomic E-state index is -0.221. The van der Waals surface area contributed by atoms with Gasteiger partial charge in [-0.3, -0.25) is 4.79 Å². The van der Waals surface area contributed by atoms with Crippen molar-refractivity contribution in [1.82, 2.24) is 0 Å². The number of phenols is 1. The van der Waals surface area contributed by atoms with Crippen LogP contribution in [0.1, 0.15) is 34.8 Å². The van der Waals surface area contributed by atoms with Crippen LogP contribution in [0, 0.1) is 13.8 Å². The molecule has 0 saturated heterocycles. The molecular weight excluding hydrogens is 216 g/mol. The molecule has 1 heterocycles. The van der Waals surface area contributed by atoms with E-state index in [1.807, 2.05) is 19.1 Å². The molecule has 1 atom stereocenters. The lowest BCUT2D eigenvalue weighted by atomic mass is 9.95. The van der Waals surface area contributed by atoms with Crippen molar-refractivity contribution in [2.45, 2.75) is 33.3 Å². The van der Waals surface area contributed by atoms with Gasteiger partial charge in [0.2, 0.25) is 0 Å². The summed E-state index contributed by atoms with van der Waals surface area (Å²) in [6.07, 6.45) is 3.87. The molecule has 3 nitrogen and oxygen atoms in total. The lowest BCUT2D eigenvalue weighted by Crippen LogP contribution is -2.25. The highest BCUT2D eigenvalue weighted by Crippen LogP contribution is 2.38. The fourth-order valence-electron chi connectivity index (χ4n) is 2.12. The number of phenolic OH excluding ortho intramolecular Hbond substituents is 1. The summed E-state index contributed by atoms with van der Waals surface area (Å²) >= 11 is 0. The van der Waals surface area contributed by atoms with Gasteiger partial charge in [0, 0.05) is 5.56 Å². The highest BCUT2D eigenvalue weighted by molar-refractivity contribution is 6.01. The standard InChI is InChI=1S/C14H16O3/c1-4-5-10-7-12(15)11-6-8(2)13(16)9(3)14(11)17-10/h4-6,10,16H,7H2,1-3H3/t10-/m1/s1. The van der Waals surface area contributed by atoms with E-state index in [9.17, 15) is 9.90 Å². The van der Waals surface area contributed by atoms with Gasteiger partial charge in [0.1, 0.15) is 17.6 Å². The van der Waals surface area contributed by atoms with E-state index in [0.717, 1.165) is 0 Å². The van der Waals surface area contributed by atoms with E-state index in [1.165, 1.54) is 0 Å². The largest absolute Gasteiger partial charge is 0.507 e. The van der Waals surface area contributed by atoms with E-state index in [1.54, 1.807) is 19.9 Å². The third-order valence-electron chi connectivity index (χ3n) is 3.04. The number of hydrogen-bond donors (Lipinski definition) is 1. The van der Waals surface area contributed by atoms with Gasteiger partial charge in [-0.1, -0.05) is 6.08 Å². The molecule has 3 heteroatoms. The molecule has 1 aromatic rings. The summed E-state index contributed by atoms with van der Waals surface area (Å²) in [7, 11) is 0. The number of carbonyl (C=O) groups is 1. The number of ether oxygens (including phenoxy) is 1. The molecular formula is C14H16O3. The first-order valence-electron chi connectivity index (χ1n) is 5.70. The quantitative estimate of drug-likeness (QED) is 0.757. The number of fused-ring (bicyclic) bond motifs is 1. The smallest absolute Gasteiger partial charge is 0.170 e. The van der Waals surface area contributed by atoms with Crippen molar-refractivity contribution in [3.05, 3.63) is 34.9 Å². The Morgan fingerprint density at radius 2 is 2.18 bits per heavy atom. The molecule has 1 aromatic carbocycles. The number of carbonyl (C=O) groups excluding carboxylic acids is 1. The van der Waals surface area contributed by atoms with Crippen LogP contribution in [0.5, 0.6) is 11.5 Å². The fraction of sp³-hybridized carbons (Fsp3) is 0.357. The number of allylic oxidation sites excluding steroid dienone is 1. The SMILES string of the molecule is CC=C[C@@H]1CC(=O)c2cc(C)c(O)c(C)c2O1. The molecule has 0 aliphatic carbocycles. The molecule has 0 saturated carbocycles. The summed E-state index contributed by atoms with van der Waals surface area (Å²) in [6.45, 7) is 5.45. The first kappa shape index (κ1) is 11.7. The van der Waals surface area contributed by atoms with Gasteiger partial charge >= 0.3 is 0 Å². The van der Waals surface area contributed by atoms with E-state index >= 15 is 0 Å². The summed E-state index contributed by atoms with van der Waals surface area (Å²) in [6, 6.07) is 1.70. The minimum absolute atomic E-state index is 0.0700. The van der Waals surface area contributed by atoms with Crippen molar-refractivity contribution in [1.29, 1.82) is 0 Å². The monoisotopic (exact) mass is 232 g/mol. The van der Waals surface area contributed by atoms with Gasteiger partial charge in [-0.05, 0) is 38.5 Å². The Hall–Kier alpha value is -1.77. The molecule has 0 unspecified atom stereocenters. The van der Waals surface area contributed by atoms with Crippen LogP contribution >= 0.6 is 0 Å². The third kappa shape index (κ3) is 1.93. The van der Waals surface area contributed by atoms with Gasteiger partial charge in [0.25, 0.3) is 0 Å². The Bertz CT molecular complexity index is 501. The molecule has 0 radical (unpaired) electrons. The third-order valence-corrected chi connectivity index (χ3v) is 3.04. The molecule has 0 aromatic heterocycles. The second kappa shape index (κ2) is 4.24. The molecule has 1 aliphatic rings. The summed E-state index contributed by atoms with van der Waals surface area (Å²) in [4.78, 5) is 12.0. The molecule has 0 spiro atoms. The second-order valence-electron chi connectivity index (χ2n) is 4.35. The van der Waals surface area contributed by atoms with Crippen LogP contribution in [0.3, 0.4) is 0 Å². The average Bonchev–Trinajstić information content (AvgIpc) is 2.29. The average molecular weight is 232 g/mol. The van der Waals surface area contributed by atoms with Crippen LogP contribution in [-0.2, 0) is 0 Å². The number of Topliss-reactive ketones (excluding diaryl/α,β-unsaturated/α-hetero) is 1. The van der Waals surface area contributed by atoms with Crippen molar-refractivity contribution in [3.8, 4) is 11.5 Å². The van der Waals surface area contributed by atoms with Crippen LogP contribution in [0.4, 0.5) is 0 Å². The topological polar surface area (TPSA) is 46.5 Å². The Balaban J connectivity index is 2.53. The number of hydrogen-bond acceptors (Lipinski definition) is 3. The van der Waals surface area contributed by atoms with E-state index in [4.69, 9.17) is 4.74 Å². The molecule has 2 rings (SSSR count). The first-order valence-corrected chi connectivity index (χ1v) is 5.70. The number of rotatable bonds is 1. The van der Waals surface area contributed by atoms with Gasteiger partial charge in [0.15, 0.2) is 5.78 Å². The second-order valence-corrected chi connectivity index (χ2v) is 4.35. The number of ketones is 1. The Morgan fingerprint density at radius 1 is 1.47 bits per heavy atom. The maximum Gasteiger partial charge on any atom is 0.170 e. The number of benzene rings is 1. The van der Waals surface area contributed by atoms with Crippen molar-refractivity contribution in [2.75, 3.05) is 0 Å². The van der Waals surface area contributed by atoms with Crippen LogP contribution < -0.4 is 4.74 Å². The minimum Gasteiger partial charge on any atom is -0.507 e. The van der Waals surface area contributed by atoms with Crippen LogP contribution in [-0.4, -0.2) is 17.0 Å². The number of aromatic hydroxyl groups is 1. The van der Waals surface area contributed by atoms with Crippen molar-refractivity contribution < 1.29 is 14.6 Å². The maximum absolute atomic E-state index is 12.0. The lowest BCUT2D eigenvalue weighted by molar-refractivity contribution is 0.0892. The molecule has 17 heavy (non-hydrogen) atoms. The summed E-state index contributed by atoms with van der Waals surface area (Å²) in [5.74, 6) is 0.797. The Labute approximate surface area is 101 Å². The Kier molecular flexibility index (Phi) is 2.92. The highest BCUT2D eigenvalue weighted by atomic mass is 16.5. The van der Waals surface area contributed by atoms with E-state index in [-0.39, 0.29) is 17.6 Å². The van der Waals surface area contributed by atoms with E-state index in [2.05, 4.69) is 0 Å². The molecule has 1 N–H and O–H groups in total. The summed E-state index contributed by atoms with van der Waals surface area (Å²) < 4.78 is 5.74.